The maximum Gasteiger partial charge on any atom is 0.311 e. The lowest BCUT2D eigenvalue weighted by Crippen LogP contribution is -2.29. The number of nitrogens with one attached hydrogen (secondary N) is 1. The summed E-state index contributed by atoms with van der Waals surface area (Å²) in [5, 5.41) is 14.3. The molecule has 0 fully saturated rings. The Hall–Kier alpha value is -1.82. The first kappa shape index (κ1) is 16.2. The van der Waals surface area contributed by atoms with Crippen LogP contribution in [0.5, 0.6) is 5.75 Å². The van der Waals surface area contributed by atoms with Gasteiger partial charge in [-0.3, -0.25) is 10.1 Å². The van der Waals surface area contributed by atoms with Crippen LogP contribution in [-0.4, -0.2) is 43.1 Å². The van der Waals surface area contributed by atoms with Gasteiger partial charge in [-0.25, -0.2) is 0 Å². The molecule has 1 rings (SSSR count). The second-order valence-electron chi connectivity index (χ2n) is 5.10. The number of nitro benzene ring substituents is 1. The summed E-state index contributed by atoms with van der Waals surface area (Å²) in [4.78, 5) is 12.6. The molecule has 0 amide bonds. The second kappa shape index (κ2) is 7.69. The normalized spacial score (nSPS) is 12.2. The molecule has 1 aromatic rings. The van der Waals surface area contributed by atoms with Crippen LogP contribution in [0.1, 0.15) is 20.3 Å². The largest absolute Gasteiger partial charge is 0.487 e. The molecule has 112 valence electrons. The van der Waals surface area contributed by atoms with Crippen molar-refractivity contribution in [1.82, 2.24) is 4.90 Å². The molecule has 6 heteroatoms. The Morgan fingerprint density at radius 3 is 2.70 bits per heavy atom. The highest BCUT2D eigenvalue weighted by Gasteiger charge is 2.16. The van der Waals surface area contributed by atoms with Crippen LogP contribution in [0.3, 0.4) is 0 Å². The molecule has 20 heavy (non-hydrogen) atoms. The van der Waals surface area contributed by atoms with Gasteiger partial charge in [-0.1, -0.05) is 6.92 Å². The predicted molar refractivity (Wildman–Crippen MR) is 80.5 cm³/mol. The summed E-state index contributed by atoms with van der Waals surface area (Å²) in [7, 11) is 4.01. The Morgan fingerprint density at radius 1 is 1.45 bits per heavy atom. The number of benzene rings is 1. The van der Waals surface area contributed by atoms with Crippen LogP contribution >= 0.6 is 0 Å². The first-order valence-electron chi connectivity index (χ1n) is 6.76. The second-order valence-corrected chi connectivity index (χ2v) is 5.10. The van der Waals surface area contributed by atoms with E-state index in [1.54, 1.807) is 12.1 Å². The topological polar surface area (TPSA) is 67.6 Å². The minimum atomic E-state index is -0.419. The minimum Gasteiger partial charge on any atom is -0.487 e. The number of nitro groups is 1. The molecule has 1 aromatic carbocycles. The molecule has 0 saturated heterocycles. The molecule has 0 aliphatic rings. The van der Waals surface area contributed by atoms with Gasteiger partial charge in [-0.2, -0.15) is 0 Å². The number of rotatable bonds is 8. The number of hydrogen-bond donors (Lipinski definition) is 1. The molecule has 1 N–H and O–H groups in total. The molecule has 0 aliphatic carbocycles. The van der Waals surface area contributed by atoms with E-state index in [2.05, 4.69) is 17.1 Å². The number of nitrogens with zero attached hydrogens (tertiary/aromatic N) is 2. The molecular formula is C14H23N3O3. The van der Waals surface area contributed by atoms with E-state index >= 15 is 0 Å². The van der Waals surface area contributed by atoms with E-state index in [0.717, 1.165) is 18.7 Å². The van der Waals surface area contributed by atoms with E-state index < -0.39 is 4.92 Å². The summed E-state index contributed by atoms with van der Waals surface area (Å²) in [5.41, 5.74) is 0.834. The zero-order chi connectivity index (χ0) is 15.1. The van der Waals surface area contributed by atoms with Crippen molar-refractivity contribution in [3.05, 3.63) is 28.3 Å². The summed E-state index contributed by atoms with van der Waals surface area (Å²) in [6.45, 7) is 5.38. The van der Waals surface area contributed by atoms with Gasteiger partial charge in [0.1, 0.15) is 0 Å². The zero-order valence-electron chi connectivity index (χ0n) is 12.5. The van der Waals surface area contributed by atoms with Gasteiger partial charge in [-0.15, -0.1) is 0 Å². The maximum atomic E-state index is 11.0. The highest BCUT2D eigenvalue weighted by atomic mass is 16.6. The number of likely N-dealkylation sites (N-methyl/N-ethyl adjacent to an activating group) is 1. The van der Waals surface area contributed by atoms with E-state index in [4.69, 9.17) is 4.74 Å². The first-order chi connectivity index (χ1) is 9.43. The lowest BCUT2D eigenvalue weighted by atomic mass is 10.2. The summed E-state index contributed by atoms with van der Waals surface area (Å²) < 4.78 is 5.46. The molecule has 0 heterocycles. The SMILES string of the molecule is CCCOc1cc(NC(C)CN(C)C)ccc1[N+](=O)[O-]. The Balaban J connectivity index is 2.85. The molecule has 0 aromatic heterocycles. The third-order valence-corrected chi connectivity index (χ3v) is 2.67. The highest BCUT2D eigenvalue weighted by molar-refractivity contribution is 5.58. The van der Waals surface area contributed by atoms with Crippen LogP contribution in [0.25, 0.3) is 0 Å². The maximum absolute atomic E-state index is 11.0. The zero-order valence-corrected chi connectivity index (χ0v) is 12.5. The highest BCUT2D eigenvalue weighted by Crippen LogP contribution is 2.30. The van der Waals surface area contributed by atoms with E-state index in [1.165, 1.54) is 6.07 Å². The van der Waals surface area contributed by atoms with E-state index in [0.29, 0.717) is 12.4 Å². The van der Waals surface area contributed by atoms with Crippen molar-refractivity contribution >= 4 is 11.4 Å². The number of anilines is 1. The lowest BCUT2D eigenvalue weighted by Gasteiger charge is -2.19. The van der Waals surface area contributed by atoms with E-state index in [-0.39, 0.29) is 11.7 Å². The van der Waals surface area contributed by atoms with E-state index in [9.17, 15) is 10.1 Å². The molecule has 0 bridgehead atoms. The minimum absolute atomic E-state index is 0.00395. The molecule has 0 aliphatic heterocycles. The molecule has 0 saturated carbocycles. The predicted octanol–water partition coefficient (Wildman–Crippen LogP) is 2.75. The monoisotopic (exact) mass is 281 g/mol. The Bertz CT molecular complexity index is 449. The summed E-state index contributed by atoms with van der Waals surface area (Å²) in [5.74, 6) is 0.318. The van der Waals surface area contributed by atoms with Gasteiger partial charge in [0.2, 0.25) is 0 Å². The molecule has 0 spiro atoms. The Morgan fingerprint density at radius 2 is 2.15 bits per heavy atom. The smallest absolute Gasteiger partial charge is 0.311 e. The van der Waals surface area contributed by atoms with Crippen molar-refractivity contribution < 1.29 is 9.66 Å². The molecule has 0 radical (unpaired) electrons. The fourth-order valence-corrected chi connectivity index (χ4v) is 1.96. The van der Waals surface area contributed by atoms with Crippen molar-refractivity contribution in [2.24, 2.45) is 0 Å². The third kappa shape index (κ3) is 5.05. The third-order valence-electron chi connectivity index (χ3n) is 2.67. The van der Waals surface area contributed by atoms with Crippen LogP contribution in [0, 0.1) is 10.1 Å². The van der Waals surface area contributed by atoms with Gasteiger partial charge in [-0.05, 0) is 33.5 Å². The first-order valence-corrected chi connectivity index (χ1v) is 6.76. The van der Waals surface area contributed by atoms with Gasteiger partial charge in [0.25, 0.3) is 0 Å². The van der Waals surface area contributed by atoms with Crippen LogP contribution in [0.2, 0.25) is 0 Å². The summed E-state index contributed by atoms with van der Waals surface area (Å²) in [6.07, 6.45) is 0.811. The van der Waals surface area contributed by atoms with Gasteiger partial charge in [0, 0.05) is 30.4 Å². The van der Waals surface area contributed by atoms with Gasteiger partial charge >= 0.3 is 5.69 Å². The summed E-state index contributed by atoms with van der Waals surface area (Å²) >= 11 is 0. The quantitative estimate of drug-likeness (QED) is 0.586. The van der Waals surface area contributed by atoms with Crippen LogP contribution in [-0.2, 0) is 0 Å². The average molecular weight is 281 g/mol. The fourth-order valence-electron chi connectivity index (χ4n) is 1.96. The summed E-state index contributed by atoms with van der Waals surface area (Å²) in [6, 6.07) is 5.13. The fraction of sp³-hybridized carbons (Fsp3) is 0.571. The molecule has 6 nitrogen and oxygen atoms in total. The van der Waals surface area contributed by atoms with Gasteiger partial charge in [0.05, 0.1) is 11.5 Å². The Labute approximate surface area is 119 Å². The van der Waals surface area contributed by atoms with Crippen molar-refractivity contribution in [3.63, 3.8) is 0 Å². The lowest BCUT2D eigenvalue weighted by molar-refractivity contribution is -0.385. The van der Waals surface area contributed by atoms with Gasteiger partial charge in [0.15, 0.2) is 5.75 Å². The Kier molecular flexibility index (Phi) is 6.24. The molecule has 1 unspecified atom stereocenters. The van der Waals surface area contributed by atoms with Crippen molar-refractivity contribution in [2.75, 3.05) is 32.6 Å². The molecular weight excluding hydrogens is 258 g/mol. The van der Waals surface area contributed by atoms with Crippen LogP contribution in [0.4, 0.5) is 11.4 Å². The van der Waals surface area contributed by atoms with Crippen LogP contribution < -0.4 is 10.1 Å². The van der Waals surface area contributed by atoms with E-state index in [1.807, 2.05) is 21.0 Å². The van der Waals surface area contributed by atoms with Crippen LogP contribution in [0.15, 0.2) is 18.2 Å². The molecule has 1 atom stereocenters. The standard InChI is InChI=1S/C14H23N3O3/c1-5-8-20-14-9-12(6-7-13(14)17(18)19)15-11(2)10-16(3)4/h6-7,9,11,15H,5,8,10H2,1-4H3. The number of hydrogen-bond acceptors (Lipinski definition) is 5. The van der Waals surface area contributed by atoms with Crippen molar-refractivity contribution in [2.45, 2.75) is 26.3 Å². The van der Waals surface area contributed by atoms with Crippen molar-refractivity contribution in [3.8, 4) is 5.75 Å². The average Bonchev–Trinajstić information content (AvgIpc) is 2.35. The van der Waals surface area contributed by atoms with Gasteiger partial charge < -0.3 is 15.0 Å². The number of ether oxygens (including phenoxy) is 1. The van der Waals surface area contributed by atoms with Crippen molar-refractivity contribution in [1.29, 1.82) is 0 Å².